The van der Waals surface area contributed by atoms with Crippen LogP contribution in [0.4, 0.5) is 12.9 Å². The smallest absolute Gasteiger partial charge is 0.449 e. The van der Waals surface area contributed by atoms with Crippen molar-refractivity contribution < 1.29 is 69.1 Å². The van der Waals surface area contributed by atoms with Gasteiger partial charge in [0.15, 0.2) is 5.78 Å². The van der Waals surface area contributed by atoms with Gasteiger partial charge in [0.25, 0.3) is 0 Å². The number of nitrogens with zero attached hydrogens (tertiary/aromatic N) is 2. The van der Waals surface area contributed by atoms with Gasteiger partial charge < -0.3 is 12.9 Å². The minimum absolute atomic E-state index is 0. The molecule has 0 saturated carbocycles. The standard InChI is InChI=1S/C7H7BF3N2O.K/c1-5(14)7-6(2-8(9,10)11)3-12-4-13-7;/h3-4H,2H2,1H3;/q-1;+1. The zero-order valence-electron chi connectivity index (χ0n) is 8.38. The topological polar surface area (TPSA) is 42.9 Å². The molecule has 1 rings (SSSR count). The van der Waals surface area contributed by atoms with E-state index in [0.29, 0.717) is 0 Å². The molecule has 0 aliphatic rings. The van der Waals surface area contributed by atoms with Crippen molar-refractivity contribution in [1.29, 1.82) is 0 Å². The minimum atomic E-state index is -4.96. The molecule has 0 unspecified atom stereocenters. The van der Waals surface area contributed by atoms with Gasteiger partial charge in [-0.3, -0.25) is 4.79 Å². The molecule has 1 aromatic heterocycles. The van der Waals surface area contributed by atoms with Crippen LogP contribution in [0.1, 0.15) is 23.0 Å². The number of ketones is 1. The molecular formula is C7H7BF3KN2O. The normalized spacial score (nSPS) is 10.7. The molecule has 1 aromatic rings. The van der Waals surface area contributed by atoms with Crippen molar-refractivity contribution in [2.45, 2.75) is 13.2 Å². The number of rotatable bonds is 3. The van der Waals surface area contributed by atoms with Crippen molar-refractivity contribution >= 4 is 12.8 Å². The summed E-state index contributed by atoms with van der Waals surface area (Å²) in [6.07, 6.45) is 0.971. The fourth-order valence-electron chi connectivity index (χ4n) is 1.07. The van der Waals surface area contributed by atoms with Crippen LogP contribution in [0, 0.1) is 0 Å². The molecule has 0 N–H and O–H groups in total. The van der Waals surface area contributed by atoms with E-state index in [1.54, 1.807) is 0 Å². The van der Waals surface area contributed by atoms with E-state index in [0.717, 1.165) is 12.5 Å². The van der Waals surface area contributed by atoms with Crippen molar-refractivity contribution in [2.24, 2.45) is 0 Å². The zero-order chi connectivity index (χ0) is 10.8. The van der Waals surface area contributed by atoms with Gasteiger partial charge in [0.1, 0.15) is 12.0 Å². The predicted octanol–water partition coefficient (Wildman–Crippen LogP) is -1.39. The monoisotopic (exact) mass is 242 g/mol. The Balaban J connectivity index is 0.00000196. The van der Waals surface area contributed by atoms with Gasteiger partial charge in [0.05, 0.1) is 0 Å². The average Bonchev–Trinajstić information content (AvgIpc) is 2.01. The minimum Gasteiger partial charge on any atom is -0.449 e. The fourth-order valence-corrected chi connectivity index (χ4v) is 1.07. The maximum absolute atomic E-state index is 12.1. The maximum atomic E-state index is 12.1. The van der Waals surface area contributed by atoms with Crippen molar-refractivity contribution in [3.8, 4) is 0 Å². The van der Waals surface area contributed by atoms with Crippen LogP contribution < -0.4 is 51.4 Å². The van der Waals surface area contributed by atoms with E-state index in [9.17, 15) is 17.7 Å². The van der Waals surface area contributed by atoms with Crippen LogP contribution in [-0.2, 0) is 6.32 Å². The molecule has 0 radical (unpaired) electrons. The van der Waals surface area contributed by atoms with E-state index in [4.69, 9.17) is 0 Å². The molecule has 0 spiro atoms. The summed E-state index contributed by atoms with van der Waals surface area (Å²) in [7, 11) is 0. The Kier molecular flexibility index (Phi) is 6.19. The van der Waals surface area contributed by atoms with E-state index in [-0.39, 0.29) is 62.6 Å². The Hall–Kier alpha value is 0.241. The predicted molar refractivity (Wildman–Crippen MR) is 44.8 cm³/mol. The van der Waals surface area contributed by atoms with Crippen LogP contribution >= 0.6 is 0 Å². The Bertz CT molecular complexity index is 358. The van der Waals surface area contributed by atoms with E-state index in [1.807, 2.05) is 0 Å². The number of aromatic nitrogens is 2. The second kappa shape index (κ2) is 6.09. The van der Waals surface area contributed by atoms with Gasteiger partial charge in [0.2, 0.25) is 0 Å². The van der Waals surface area contributed by atoms with Crippen LogP contribution in [0.3, 0.4) is 0 Å². The molecule has 15 heavy (non-hydrogen) atoms. The van der Waals surface area contributed by atoms with Crippen molar-refractivity contribution in [3.05, 3.63) is 23.8 Å². The summed E-state index contributed by atoms with van der Waals surface area (Å²) in [4.78, 5) is 17.9. The molecule has 0 saturated heterocycles. The Morgan fingerprint density at radius 2 is 2.07 bits per heavy atom. The number of carbonyl (C=O) groups excluding carboxylic acids is 1. The molecule has 0 amide bonds. The van der Waals surface area contributed by atoms with E-state index < -0.39 is 19.1 Å². The number of Topliss-reactive ketones (excluding diaryl/α,β-unsaturated/α-hetero) is 1. The second-order valence-electron chi connectivity index (χ2n) is 2.87. The van der Waals surface area contributed by atoms with E-state index in [1.165, 1.54) is 6.92 Å². The Morgan fingerprint density at radius 3 is 2.53 bits per heavy atom. The Morgan fingerprint density at radius 1 is 1.47 bits per heavy atom. The largest absolute Gasteiger partial charge is 1.00 e. The summed E-state index contributed by atoms with van der Waals surface area (Å²) < 4.78 is 36.2. The number of carbonyl (C=O) groups is 1. The molecule has 0 bridgehead atoms. The van der Waals surface area contributed by atoms with Crippen molar-refractivity contribution in [2.75, 3.05) is 0 Å². The molecule has 0 fully saturated rings. The average molecular weight is 242 g/mol. The SMILES string of the molecule is CC(=O)c1ncncc1C[B-](F)(F)F.[K+]. The summed E-state index contributed by atoms with van der Waals surface area (Å²) in [5, 5.41) is 0. The van der Waals surface area contributed by atoms with E-state index in [2.05, 4.69) is 9.97 Å². The summed E-state index contributed by atoms with van der Waals surface area (Å²) >= 11 is 0. The van der Waals surface area contributed by atoms with Crippen LogP contribution in [0.2, 0.25) is 0 Å². The van der Waals surface area contributed by atoms with Gasteiger partial charge >= 0.3 is 58.4 Å². The second-order valence-corrected chi connectivity index (χ2v) is 2.87. The molecule has 0 aliphatic heterocycles. The summed E-state index contributed by atoms with van der Waals surface area (Å²) in [6.45, 7) is -3.79. The Labute approximate surface area is 127 Å². The number of hydrogen-bond donors (Lipinski definition) is 0. The number of halogens is 3. The van der Waals surface area contributed by atoms with Gasteiger partial charge in [-0.25, -0.2) is 9.97 Å². The first-order chi connectivity index (χ1) is 6.40. The van der Waals surface area contributed by atoms with E-state index >= 15 is 0 Å². The summed E-state index contributed by atoms with van der Waals surface area (Å²) in [6, 6.07) is 0. The van der Waals surface area contributed by atoms with Gasteiger partial charge in [-0.1, -0.05) is 6.32 Å². The first kappa shape index (κ1) is 15.2. The third-order valence-electron chi connectivity index (χ3n) is 1.57. The molecule has 8 heteroatoms. The van der Waals surface area contributed by atoms with Crippen molar-refractivity contribution in [3.63, 3.8) is 0 Å². The molecule has 76 valence electrons. The maximum Gasteiger partial charge on any atom is 1.00 e. The zero-order valence-corrected chi connectivity index (χ0v) is 11.5. The molecular weight excluding hydrogens is 235 g/mol. The fraction of sp³-hybridized carbons (Fsp3) is 0.286. The van der Waals surface area contributed by atoms with Crippen LogP contribution in [-0.4, -0.2) is 22.7 Å². The third-order valence-corrected chi connectivity index (χ3v) is 1.57. The molecule has 1 heterocycles. The van der Waals surface area contributed by atoms with Gasteiger partial charge in [-0.2, -0.15) is 0 Å². The molecule has 0 atom stereocenters. The van der Waals surface area contributed by atoms with Crippen LogP contribution in [0.5, 0.6) is 0 Å². The van der Waals surface area contributed by atoms with Gasteiger partial charge in [0, 0.05) is 13.1 Å². The molecule has 0 aliphatic carbocycles. The quantitative estimate of drug-likeness (QED) is 0.484. The summed E-state index contributed by atoms with van der Waals surface area (Å²) in [5.74, 6) is -0.484. The van der Waals surface area contributed by atoms with Gasteiger partial charge in [-0.05, 0) is 5.56 Å². The summed E-state index contributed by atoms with van der Waals surface area (Å²) in [5.41, 5.74) is -0.313. The van der Waals surface area contributed by atoms with Crippen molar-refractivity contribution in [1.82, 2.24) is 9.97 Å². The number of hydrogen-bond acceptors (Lipinski definition) is 3. The van der Waals surface area contributed by atoms with Crippen LogP contribution in [0.15, 0.2) is 12.5 Å². The van der Waals surface area contributed by atoms with Gasteiger partial charge in [-0.15, -0.1) is 0 Å². The third kappa shape index (κ3) is 5.21. The van der Waals surface area contributed by atoms with Crippen LogP contribution in [0.25, 0.3) is 0 Å². The first-order valence-corrected chi connectivity index (χ1v) is 3.91. The first-order valence-electron chi connectivity index (χ1n) is 3.91. The molecule has 0 aromatic carbocycles. The molecule has 3 nitrogen and oxygen atoms in total.